The van der Waals surface area contributed by atoms with Crippen molar-refractivity contribution >= 4 is 34.1 Å². The second kappa shape index (κ2) is 10.1. The van der Waals surface area contributed by atoms with Gasteiger partial charge < -0.3 is 10.6 Å². The molecule has 0 saturated heterocycles. The molecule has 3 aromatic rings. The van der Waals surface area contributed by atoms with Crippen molar-refractivity contribution in [2.75, 3.05) is 17.6 Å². The summed E-state index contributed by atoms with van der Waals surface area (Å²) >= 11 is 2.82. The second-order valence-corrected chi connectivity index (χ2v) is 8.31. The lowest BCUT2D eigenvalue weighted by Crippen LogP contribution is -2.28. The van der Waals surface area contributed by atoms with Crippen molar-refractivity contribution in [3.05, 3.63) is 72.8 Å². The van der Waals surface area contributed by atoms with Crippen molar-refractivity contribution in [3.63, 3.8) is 0 Å². The van der Waals surface area contributed by atoms with Gasteiger partial charge in [0.25, 0.3) is 0 Å². The molecule has 1 atom stereocenters. The number of nitrogens with one attached hydrogen (secondary N) is 2. The molecule has 1 heterocycles. The molecular formula is C21H22N4OS2. The molecule has 2 aromatic carbocycles. The largest absolute Gasteiger partial charge is 0.357 e. The van der Waals surface area contributed by atoms with E-state index in [4.69, 9.17) is 0 Å². The first-order valence-electron chi connectivity index (χ1n) is 8.91. The van der Waals surface area contributed by atoms with E-state index in [1.165, 1.54) is 28.7 Å². The molecule has 0 aliphatic heterocycles. The van der Waals surface area contributed by atoms with Crippen LogP contribution in [0.25, 0.3) is 11.1 Å². The van der Waals surface area contributed by atoms with Crippen LogP contribution in [-0.2, 0) is 4.79 Å². The van der Waals surface area contributed by atoms with Crippen LogP contribution in [0.4, 0.5) is 5.13 Å². The van der Waals surface area contributed by atoms with Crippen molar-refractivity contribution in [3.8, 4) is 11.1 Å². The minimum absolute atomic E-state index is 0.0274. The van der Waals surface area contributed by atoms with E-state index in [2.05, 4.69) is 63.8 Å². The summed E-state index contributed by atoms with van der Waals surface area (Å²) in [6.07, 6.45) is 1.76. The van der Waals surface area contributed by atoms with Gasteiger partial charge in [0.05, 0.1) is 11.8 Å². The van der Waals surface area contributed by atoms with E-state index < -0.39 is 0 Å². The lowest BCUT2D eigenvalue weighted by atomic mass is 10.0. The SMILES string of the molecule is C=CCNc1nnc(SCC(=O)NC(C)c2ccc(-c3ccccc3)cc2)s1. The molecule has 0 bridgehead atoms. The Morgan fingerprint density at radius 1 is 1.14 bits per heavy atom. The van der Waals surface area contributed by atoms with Crippen molar-refractivity contribution < 1.29 is 4.79 Å². The summed E-state index contributed by atoms with van der Waals surface area (Å²) in [4.78, 5) is 12.3. The highest BCUT2D eigenvalue weighted by atomic mass is 32.2. The summed E-state index contributed by atoms with van der Waals surface area (Å²) in [5.41, 5.74) is 3.42. The third-order valence-corrected chi connectivity index (χ3v) is 6.04. The Kier molecular flexibility index (Phi) is 7.22. The van der Waals surface area contributed by atoms with E-state index in [0.717, 1.165) is 20.6 Å². The van der Waals surface area contributed by atoms with Crippen LogP contribution in [-0.4, -0.2) is 28.4 Å². The molecule has 5 nitrogen and oxygen atoms in total. The number of rotatable bonds is 9. The molecule has 144 valence electrons. The Hall–Kier alpha value is -2.64. The first kappa shape index (κ1) is 20.1. The summed E-state index contributed by atoms with van der Waals surface area (Å²) in [7, 11) is 0. The topological polar surface area (TPSA) is 66.9 Å². The maximum Gasteiger partial charge on any atom is 0.230 e. The van der Waals surface area contributed by atoms with Crippen LogP contribution in [0, 0.1) is 0 Å². The summed E-state index contributed by atoms with van der Waals surface area (Å²) in [6.45, 7) is 6.28. The Morgan fingerprint density at radius 2 is 1.86 bits per heavy atom. The standard InChI is InChI=1S/C21H22N4OS2/c1-3-13-22-20-24-25-21(28-20)27-14-19(26)23-15(2)16-9-11-18(12-10-16)17-7-5-4-6-8-17/h3-12,15H,1,13-14H2,2H3,(H,22,24)(H,23,26). The quantitative estimate of drug-likeness (QED) is 0.393. The Bertz CT molecular complexity index is 910. The lowest BCUT2D eigenvalue weighted by Gasteiger charge is -2.14. The summed E-state index contributed by atoms with van der Waals surface area (Å²) < 4.78 is 0.765. The molecule has 0 radical (unpaired) electrons. The minimum Gasteiger partial charge on any atom is -0.357 e. The number of hydrogen-bond acceptors (Lipinski definition) is 6. The number of benzene rings is 2. The maximum absolute atomic E-state index is 12.3. The highest BCUT2D eigenvalue weighted by molar-refractivity contribution is 8.01. The van der Waals surface area contributed by atoms with Crippen molar-refractivity contribution in [1.82, 2.24) is 15.5 Å². The monoisotopic (exact) mass is 410 g/mol. The van der Waals surface area contributed by atoms with Gasteiger partial charge in [-0.3, -0.25) is 4.79 Å². The van der Waals surface area contributed by atoms with Crippen LogP contribution in [0.1, 0.15) is 18.5 Å². The number of anilines is 1. The van der Waals surface area contributed by atoms with E-state index in [1.807, 2.05) is 25.1 Å². The van der Waals surface area contributed by atoms with E-state index in [9.17, 15) is 4.79 Å². The van der Waals surface area contributed by atoms with Crippen LogP contribution in [0.5, 0.6) is 0 Å². The van der Waals surface area contributed by atoms with Gasteiger partial charge in [-0.05, 0) is 23.6 Å². The Balaban J connectivity index is 1.50. The van der Waals surface area contributed by atoms with Crippen LogP contribution >= 0.6 is 23.1 Å². The summed E-state index contributed by atoms with van der Waals surface area (Å²) in [5, 5.41) is 15.0. The van der Waals surface area contributed by atoms with Gasteiger partial charge in [0.2, 0.25) is 11.0 Å². The number of thioether (sulfide) groups is 1. The number of carbonyl (C=O) groups excluding carboxylic acids is 1. The Labute approximate surface area is 173 Å². The molecule has 2 N–H and O–H groups in total. The highest BCUT2D eigenvalue weighted by Crippen LogP contribution is 2.26. The number of carbonyl (C=O) groups is 1. The van der Waals surface area contributed by atoms with Gasteiger partial charge in [0.15, 0.2) is 4.34 Å². The predicted molar refractivity (Wildman–Crippen MR) is 118 cm³/mol. The fourth-order valence-electron chi connectivity index (χ4n) is 2.59. The highest BCUT2D eigenvalue weighted by Gasteiger charge is 2.12. The molecule has 0 saturated carbocycles. The Morgan fingerprint density at radius 3 is 2.57 bits per heavy atom. The van der Waals surface area contributed by atoms with Gasteiger partial charge in [-0.15, -0.1) is 16.8 Å². The van der Waals surface area contributed by atoms with Crippen LogP contribution in [0.3, 0.4) is 0 Å². The predicted octanol–water partition coefficient (Wildman–Crippen LogP) is 4.77. The molecule has 0 aliphatic rings. The smallest absolute Gasteiger partial charge is 0.230 e. The minimum atomic E-state index is -0.0582. The lowest BCUT2D eigenvalue weighted by molar-refractivity contribution is -0.119. The molecule has 1 unspecified atom stereocenters. The van der Waals surface area contributed by atoms with Gasteiger partial charge in [0.1, 0.15) is 0 Å². The number of aromatic nitrogens is 2. The van der Waals surface area contributed by atoms with Crippen molar-refractivity contribution in [1.29, 1.82) is 0 Å². The van der Waals surface area contributed by atoms with Gasteiger partial charge in [-0.2, -0.15) is 0 Å². The first-order chi connectivity index (χ1) is 13.7. The molecule has 3 rings (SSSR count). The third-order valence-electron chi connectivity index (χ3n) is 4.03. The van der Waals surface area contributed by atoms with Gasteiger partial charge in [-0.25, -0.2) is 0 Å². The van der Waals surface area contributed by atoms with Gasteiger partial charge in [0, 0.05) is 6.54 Å². The summed E-state index contributed by atoms with van der Waals surface area (Å²) in [5.74, 6) is 0.281. The van der Waals surface area contributed by atoms with Crippen LogP contribution in [0.15, 0.2) is 71.6 Å². The van der Waals surface area contributed by atoms with E-state index in [1.54, 1.807) is 6.08 Å². The van der Waals surface area contributed by atoms with Gasteiger partial charge >= 0.3 is 0 Å². The molecule has 28 heavy (non-hydrogen) atoms. The normalized spacial score (nSPS) is 11.6. The third kappa shape index (κ3) is 5.68. The molecule has 1 amide bonds. The first-order valence-corrected chi connectivity index (χ1v) is 10.7. The van der Waals surface area contributed by atoms with Crippen LogP contribution in [0.2, 0.25) is 0 Å². The second-order valence-electron chi connectivity index (χ2n) is 6.11. The number of nitrogens with zero attached hydrogens (tertiary/aromatic N) is 2. The zero-order valence-electron chi connectivity index (χ0n) is 15.6. The number of amides is 1. The average molecular weight is 411 g/mol. The zero-order valence-corrected chi connectivity index (χ0v) is 17.2. The van der Waals surface area contributed by atoms with E-state index >= 15 is 0 Å². The zero-order chi connectivity index (χ0) is 19.8. The summed E-state index contributed by atoms with van der Waals surface area (Å²) in [6, 6.07) is 18.5. The van der Waals surface area contributed by atoms with Crippen LogP contribution < -0.4 is 10.6 Å². The van der Waals surface area contributed by atoms with E-state index in [-0.39, 0.29) is 11.9 Å². The van der Waals surface area contributed by atoms with Crippen molar-refractivity contribution in [2.24, 2.45) is 0 Å². The van der Waals surface area contributed by atoms with Gasteiger partial charge in [-0.1, -0.05) is 83.8 Å². The molecule has 0 spiro atoms. The fourth-order valence-corrected chi connectivity index (χ4v) is 4.16. The number of hydrogen-bond donors (Lipinski definition) is 2. The molecule has 7 heteroatoms. The maximum atomic E-state index is 12.3. The molecular weight excluding hydrogens is 388 g/mol. The van der Waals surface area contributed by atoms with E-state index in [0.29, 0.717) is 12.3 Å². The molecule has 1 aromatic heterocycles. The fraction of sp³-hybridized carbons (Fsp3) is 0.190. The average Bonchev–Trinajstić information content (AvgIpc) is 3.19. The molecule has 0 aliphatic carbocycles. The van der Waals surface area contributed by atoms with Crippen molar-refractivity contribution in [2.45, 2.75) is 17.3 Å². The molecule has 0 fully saturated rings.